The van der Waals surface area contributed by atoms with Crippen LogP contribution >= 0.6 is 11.8 Å². The van der Waals surface area contributed by atoms with Crippen molar-refractivity contribution < 1.29 is 28.7 Å². The van der Waals surface area contributed by atoms with E-state index in [0.717, 1.165) is 10.8 Å². The maximum Gasteiger partial charge on any atom is 0.340 e. The molecule has 0 saturated carbocycles. The van der Waals surface area contributed by atoms with Crippen LogP contribution in [-0.2, 0) is 14.3 Å². The average molecular weight is 533 g/mol. The number of fused-ring (bicyclic) bond motifs is 2. The zero-order valence-electron chi connectivity index (χ0n) is 21.4. The van der Waals surface area contributed by atoms with Gasteiger partial charge in [-0.2, -0.15) is 11.8 Å². The second-order valence-electron chi connectivity index (χ2n) is 8.56. The molecule has 2 heterocycles. The van der Waals surface area contributed by atoms with Crippen LogP contribution in [-0.4, -0.2) is 59.8 Å². The number of carbonyl (C=O) groups excluding carboxylic acids is 4. The van der Waals surface area contributed by atoms with Crippen molar-refractivity contribution in [2.75, 3.05) is 25.7 Å². The second-order valence-corrected chi connectivity index (χ2v) is 9.54. The summed E-state index contributed by atoms with van der Waals surface area (Å²) in [5.41, 5.74) is 1.47. The predicted molar refractivity (Wildman–Crippen MR) is 147 cm³/mol. The lowest BCUT2D eigenvalue weighted by Crippen LogP contribution is -2.42. The molecule has 0 saturated heterocycles. The summed E-state index contributed by atoms with van der Waals surface area (Å²) in [5.74, 6) is -1.26. The normalized spacial score (nSPS) is 11.8. The summed E-state index contributed by atoms with van der Waals surface area (Å²) in [7, 11) is 1.27. The van der Waals surface area contributed by atoms with Gasteiger partial charge in [0, 0.05) is 17.3 Å². The highest BCUT2D eigenvalue weighted by atomic mass is 32.2. The highest BCUT2D eigenvalue weighted by molar-refractivity contribution is 7.98. The van der Waals surface area contributed by atoms with Gasteiger partial charge in [0.15, 0.2) is 0 Å². The van der Waals surface area contributed by atoms with Gasteiger partial charge in [0.1, 0.15) is 6.04 Å². The molecule has 2 aromatic heterocycles. The molecule has 0 aliphatic heterocycles. The van der Waals surface area contributed by atoms with Crippen molar-refractivity contribution in [2.24, 2.45) is 0 Å². The summed E-state index contributed by atoms with van der Waals surface area (Å²) in [6.45, 7) is 1.85. The first-order chi connectivity index (χ1) is 18.4. The van der Waals surface area contributed by atoms with Crippen LogP contribution in [0.5, 0.6) is 0 Å². The Morgan fingerprint density at radius 1 is 0.974 bits per heavy atom. The fraction of sp³-hybridized carbons (Fsp3) is 0.241. The van der Waals surface area contributed by atoms with Crippen molar-refractivity contribution in [2.45, 2.75) is 19.4 Å². The van der Waals surface area contributed by atoms with Gasteiger partial charge in [-0.25, -0.2) is 9.59 Å². The van der Waals surface area contributed by atoms with Crippen LogP contribution in [0.4, 0.5) is 0 Å². The first kappa shape index (κ1) is 26.9. The lowest BCUT2D eigenvalue weighted by molar-refractivity contribution is -0.142. The minimum absolute atomic E-state index is 0.153. The van der Waals surface area contributed by atoms with Crippen LogP contribution in [0.3, 0.4) is 0 Å². The van der Waals surface area contributed by atoms with Gasteiger partial charge >= 0.3 is 11.9 Å². The number of carbonyl (C=O) groups is 4. The average Bonchev–Trinajstić information content (AvgIpc) is 3.33. The molecule has 4 aromatic rings. The summed E-state index contributed by atoms with van der Waals surface area (Å²) in [5, 5.41) is 4.64. The van der Waals surface area contributed by atoms with Crippen molar-refractivity contribution in [3.8, 4) is 0 Å². The standard InChI is InChI=1S/C29H28N2O6S/c1-4-37-28(34)22-17-25(26(32)20-10-9-18-7-5-6-8-19(18)15-20)31-13-11-21(16-24(22)31)27(33)30-23(12-14-38-3)29(35)36-2/h5-11,13,15-17,23H,4,12,14H2,1-3H3,(H,30,33)/t23-/m0/s1. The van der Waals surface area contributed by atoms with E-state index in [1.165, 1.54) is 25.3 Å². The third kappa shape index (κ3) is 5.57. The number of amides is 1. The van der Waals surface area contributed by atoms with Gasteiger partial charge in [-0.05, 0) is 60.4 Å². The quantitative estimate of drug-likeness (QED) is 0.237. The lowest BCUT2D eigenvalue weighted by atomic mass is 10.0. The third-order valence-electron chi connectivity index (χ3n) is 6.17. The minimum Gasteiger partial charge on any atom is -0.467 e. The van der Waals surface area contributed by atoms with Crippen LogP contribution in [0.2, 0.25) is 0 Å². The first-order valence-corrected chi connectivity index (χ1v) is 13.5. The van der Waals surface area contributed by atoms with Gasteiger partial charge in [0.2, 0.25) is 5.78 Å². The molecule has 8 nitrogen and oxygen atoms in total. The van der Waals surface area contributed by atoms with Crippen LogP contribution in [0.25, 0.3) is 16.3 Å². The van der Waals surface area contributed by atoms with E-state index in [4.69, 9.17) is 9.47 Å². The molecule has 196 valence electrons. The van der Waals surface area contributed by atoms with Crippen LogP contribution < -0.4 is 5.32 Å². The van der Waals surface area contributed by atoms with E-state index >= 15 is 0 Å². The van der Waals surface area contributed by atoms with Crippen molar-refractivity contribution in [1.29, 1.82) is 0 Å². The number of rotatable bonds is 10. The predicted octanol–water partition coefficient (Wildman–Crippen LogP) is 4.52. The SMILES string of the molecule is CCOC(=O)c1cc(C(=O)c2ccc3ccccc3c2)n2ccc(C(=O)N[C@@H](CCSC)C(=O)OC)cc12. The number of benzene rings is 2. The Morgan fingerprint density at radius 3 is 2.45 bits per heavy atom. The summed E-state index contributed by atoms with van der Waals surface area (Å²) in [6, 6.07) is 16.9. The Bertz CT molecular complexity index is 1530. The summed E-state index contributed by atoms with van der Waals surface area (Å²) < 4.78 is 11.6. The molecule has 1 amide bonds. The van der Waals surface area contributed by atoms with E-state index in [1.54, 1.807) is 35.3 Å². The van der Waals surface area contributed by atoms with Gasteiger partial charge in [0.25, 0.3) is 5.91 Å². The zero-order valence-corrected chi connectivity index (χ0v) is 22.2. The number of ether oxygens (including phenoxy) is 2. The monoisotopic (exact) mass is 532 g/mol. The number of ketones is 1. The molecule has 0 radical (unpaired) electrons. The number of esters is 2. The van der Waals surface area contributed by atoms with E-state index in [-0.39, 0.29) is 29.2 Å². The molecule has 38 heavy (non-hydrogen) atoms. The van der Waals surface area contributed by atoms with Gasteiger partial charge in [-0.1, -0.05) is 36.4 Å². The van der Waals surface area contributed by atoms with Gasteiger partial charge in [0.05, 0.1) is 30.5 Å². The van der Waals surface area contributed by atoms with E-state index in [2.05, 4.69) is 5.32 Å². The number of thioether (sulfide) groups is 1. The van der Waals surface area contributed by atoms with Gasteiger partial charge in [-0.15, -0.1) is 0 Å². The van der Waals surface area contributed by atoms with Crippen LogP contribution in [0.15, 0.2) is 66.9 Å². The van der Waals surface area contributed by atoms with Crippen molar-refractivity contribution in [3.05, 3.63) is 89.2 Å². The maximum absolute atomic E-state index is 13.6. The number of aromatic nitrogens is 1. The highest BCUT2D eigenvalue weighted by Gasteiger charge is 2.25. The van der Waals surface area contributed by atoms with Crippen LogP contribution in [0.1, 0.15) is 50.1 Å². The Labute approximate surface area is 224 Å². The minimum atomic E-state index is -0.808. The molecule has 2 aromatic carbocycles. The number of methoxy groups -OCH3 is 1. The molecular weight excluding hydrogens is 504 g/mol. The number of nitrogens with zero attached hydrogens (tertiary/aromatic N) is 1. The molecule has 1 atom stereocenters. The molecule has 1 N–H and O–H groups in total. The lowest BCUT2D eigenvalue weighted by Gasteiger charge is -2.16. The van der Waals surface area contributed by atoms with E-state index in [0.29, 0.717) is 23.3 Å². The van der Waals surface area contributed by atoms with Gasteiger partial charge in [-0.3, -0.25) is 9.59 Å². The number of hydrogen-bond donors (Lipinski definition) is 1. The Balaban J connectivity index is 1.73. The Morgan fingerprint density at radius 2 is 1.74 bits per heavy atom. The number of nitrogens with one attached hydrogen (secondary N) is 1. The van der Waals surface area contributed by atoms with E-state index in [1.807, 2.05) is 42.7 Å². The Hall–Kier alpha value is -4.11. The van der Waals surface area contributed by atoms with E-state index < -0.39 is 23.9 Å². The number of pyridine rings is 1. The fourth-order valence-electron chi connectivity index (χ4n) is 4.23. The molecule has 0 bridgehead atoms. The van der Waals surface area contributed by atoms with Crippen molar-refractivity contribution in [3.63, 3.8) is 0 Å². The van der Waals surface area contributed by atoms with Crippen molar-refractivity contribution in [1.82, 2.24) is 9.72 Å². The molecule has 4 rings (SSSR count). The zero-order chi connectivity index (χ0) is 27.2. The van der Waals surface area contributed by atoms with Crippen molar-refractivity contribution >= 4 is 51.7 Å². The topological polar surface area (TPSA) is 103 Å². The summed E-state index contributed by atoms with van der Waals surface area (Å²) in [6.07, 6.45) is 3.88. The summed E-state index contributed by atoms with van der Waals surface area (Å²) in [4.78, 5) is 51.6. The maximum atomic E-state index is 13.6. The first-order valence-electron chi connectivity index (χ1n) is 12.1. The molecule has 0 aliphatic carbocycles. The third-order valence-corrected chi connectivity index (χ3v) is 6.82. The Kier molecular flexibility index (Phi) is 8.48. The second kappa shape index (κ2) is 12.0. The highest BCUT2D eigenvalue weighted by Crippen LogP contribution is 2.24. The van der Waals surface area contributed by atoms with E-state index in [9.17, 15) is 19.2 Å². The number of hydrogen-bond acceptors (Lipinski definition) is 7. The molecule has 9 heteroatoms. The van der Waals surface area contributed by atoms with Gasteiger partial charge < -0.3 is 19.2 Å². The summed E-state index contributed by atoms with van der Waals surface area (Å²) >= 11 is 1.55. The molecule has 0 aliphatic rings. The molecule has 0 unspecified atom stereocenters. The van der Waals surface area contributed by atoms with Crippen LogP contribution in [0, 0.1) is 0 Å². The largest absolute Gasteiger partial charge is 0.467 e. The molecular formula is C29H28N2O6S. The molecule has 0 fully saturated rings. The molecule has 0 spiro atoms. The fourth-order valence-corrected chi connectivity index (χ4v) is 4.70. The smallest absolute Gasteiger partial charge is 0.340 e.